The molecule has 1 fully saturated rings. The largest absolute Gasteiger partial charge is 0.348 e. The minimum absolute atomic E-state index is 0.120. The predicted molar refractivity (Wildman–Crippen MR) is 101 cm³/mol. The molecule has 0 bridgehead atoms. The van der Waals surface area contributed by atoms with E-state index in [0.717, 1.165) is 43.1 Å². The molecule has 0 spiro atoms. The number of nitrogens with one attached hydrogen (secondary N) is 1. The van der Waals surface area contributed by atoms with Crippen molar-refractivity contribution in [3.8, 4) is 0 Å². The molecule has 1 N–H and O–H groups in total. The number of aryl methyl sites for hydroxylation is 1. The van der Waals surface area contributed by atoms with Crippen LogP contribution >= 0.6 is 0 Å². The molecule has 7 heteroatoms. The third-order valence-corrected chi connectivity index (χ3v) is 4.57. The fraction of sp³-hybridized carbons (Fsp3) is 0.474. The SMILES string of the molecule is Cc1nc(Nc2ccccn2)cc(C2CCCCN2CC(=O)N(C)C)n1. The van der Waals surface area contributed by atoms with Crippen LogP contribution in [0.2, 0.25) is 0 Å². The fourth-order valence-electron chi connectivity index (χ4n) is 3.22. The number of carbonyl (C=O) groups excluding carboxylic acids is 1. The Morgan fingerprint density at radius 2 is 2.12 bits per heavy atom. The van der Waals surface area contributed by atoms with Gasteiger partial charge in [-0.05, 0) is 38.4 Å². The third-order valence-electron chi connectivity index (χ3n) is 4.57. The van der Waals surface area contributed by atoms with Gasteiger partial charge in [0.25, 0.3) is 0 Å². The number of amides is 1. The molecule has 138 valence electrons. The van der Waals surface area contributed by atoms with Crippen LogP contribution in [-0.4, -0.2) is 57.8 Å². The molecule has 0 aliphatic carbocycles. The number of likely N-dealkylation sites (N-methyl/N-ethyl adjacent to an activating group) is 1. The highest BCUT2D eigenvalue weighted by atomic mass is 16.2. The second-order valence-corrected chi connectivity index (χ2v) is 6.84. The summed E-state index contributed by atoms with van der Waals surface area (Å²) in [4.78, 5) is 29.5. The Morgan fingerprint density at radius 3 is 2.85 bits per heavy atom. The van der Waals surface area contributed by atoms with Gasteiger partial charge in [-0.1, -0.05) is 12.5 Å². The zero-order chi connectivity index (χ0) is 18.5. The Kier molecular flexibility index (Phi) is 5.78. The van der Waals surface area contributed by atoms with Crippen molar-refractivity contribution in [2.24, 2.45) is 0 Å². The van der Waals surface area contributed by atoms with Gasteiger partial charge in [0.1, 0.15) is 17.5 Å². The normalized spacial score (nSPS) is 17.7. The van der Waals surface area contributed by atoms with Crippen molar-refractivity contribution >= 4 is 17.5 Å². The number of hydrogen-bond acceptors (Lipinski definition) is 6. The van der Waals surface area contributed by atoms with E-state index in [2.05, 4.69) is 25.2 Å². The van der Waals surface area contributed by atoms with Gasteiger partial charge in [-0.2, -0.15) is 0 Å². The van der Waals surface area contributed by atoms with Gasteiger partial charge in [0.05, 0.1) is 18.3 Å². The topological polar surface area (TPSA) is 74.2 Å². The van der Waals surface area contributed by atoms with Crippen LogP contribution in [0.15, 0.2) is 30.5 Å². The standard InChI is InChI=1S/C19H26N6O/c1-14-21-15(12-18(22-14)23-17-9-4-6-10-20-17)16-8-5-7-11-25(16)13-19(26)24(2)3/h4,6,9-10,12,16H,5,7-8,11,13H2,1-3H3,(H,20,21,22,23). The Morgan fingerprint density at radius 1 is 1.27 bits per heavy atom. The Labute approximate surface area is 154 Å². The maximum absolute atomic E-state index is 12.2. The highest BCUT2D eigenvalue weighted by molar-refractivity contribution is 5.77. The number of likely N-dealkylation sites (tertiary alicyclic amines) is 1. The molecule has 1 amide bonds. The maximum atomic E-state index is 12.2. The first-order valence-corrected chi connectivity index (χ1v) is 9.01. The van der Waals surface area contributed by atoms with Crippen LogP contribution in [0.3, 0.4) is 0 Å². The molecule has 1 aliphatic rings. The molecule has 1 atom stereocenters. The molecule has 3 heterocycles. The second kappa shape index (κ2) is 8.23. The summed E-state index contributed by atoms with van der Waals surface area (Å²) < 4.78 is 0. The molecule has 1 saturated heterocycles. The summed E-state index contributed by atoms with van der Waals surface area (Å²) in [7, 11) is 3.59. The Bertz CT molecular complexity index is 749. The molecule has 2 aromatic rings. The van der Waals surface area contributed by atoms with E-state index in [9.17, 15) is 4.79 Å². The van der Waals surface area contributed by atoms with Crippen molar-refractivity contribution in [3.63, 3.8) is 0 Å². The molecular formula is C19H26N6O. The number of piperidine rings is 1. The second-order valence-electron chi connectivity index (χ2n) is 6.84. The van der Waals surface area contributed by atoms with E-state index in [1.54, 1.807) is 25.2 Å². The van der Waals surface area contributed by atoms with Gasteiger partial charge in [0.15, 0.2) is 0 Å². The van der Waals surface area contributed by atoms with Crippen molar-refractivity contribution < 1.29 is 4.79 Å². The lowest BCUT2D eigenvalue weighted by Crippen LogP contribution is -2.41. The van der Waals surface area contributed by atoms with E-state index >= 15 is 0 Å². The molecule has 1 unspecified atom stereocenters. The van der Waals surface area contributed by atoms with E-state index in [1.807, 2.05) is 31.2 Å². The quantitative estimate of drug-likeness (QED) is 0.889. The minimum atomic E-state index is 0.120. The summed E-state index contributed by atoms with van der Waals surface area (Å²) in [6.45, 7) is 3.23. The van der Waals surface area contributed by atoms with Gasteiger partial charge in [0, 0.05) is 26.4 Å². The zero-order valence-electron chi connectivity index (χ0n) is 15.6. The summed E-state index contributed by atoms with van der Waals surface area (Å²) >= 11 is 0. The lowest BCUT2D eigenvalue weighted by Gasteiger charge is -2.35. The van der Waals surface area contributed by atoms with E-state index < -0.39 is 0 Å². The molecule has 0 saturated carbocycles. The summed E-state index contributed by atoms with van der Waals surface area (Å²) in [6, 6.07) is 7.83. The molecular weight excluding hydrogens is 328 g/mol. The highest BCUT2D eigenvalue weighted by Gasteiger charge is 2.27. The number of hydrogen-bond donors (Lipinski definition) is 1. The van der Waals surface area contributed by atoms with Crippen molar-refractivity contribution in [1.82, 2.24) is 24.8 Å². The zero-order valence-corrected chi connectivity index (χ0v) is 15.6. The minimum Gasteiger partial charge on any atom is -0.348 e. The molecule has 0 radical (unpaired) electrons. The number of nitrogens with zero attached hydrogens (tertiary/aromatic N) is 5. The predicted octanol–water partition coefficient (Wildman–Crippen LogP) is 2.54. The summed E-state index contributed by atoms with van der Waals surface area (Å²) in [6.07, 6.45) is 5.00. The summed E-state index contributed by atoms with van der Waals surface area (Å²) in [5, 5.41) is 3.24. The molecule has 7 nitrogen and oxygen atoms in total. The van der Waals surface area contributed by atoms with Crippen molar-refractivity contribution in [2.45, 2.75) is 32.2 Å². The van der Waals surface area contributed by atoms with Gasteiger partial charge >= 0.3 is 0 Å². The first-order valence-electron chi connectivity index (χ1n) is 9.01. The lowest BCUT2D eigenvalue weighted by atomic mass is 9.99. The highest BCUT2D eigenvalue weighted by Crippen LogP contribution is 2.31. The average molecular weight is 354 g/mol. The van der Waals surface area contributed by atoms with E-state index in [4.69, 9.17) is 0 Å². The Balaban J connectivity index is 1.83. The number of pyridine rings is 1. The van der Waals surface area contributed by atoms with Gasteiger partial charge in [0.2, 0.25) is 5.91 Å². The first kappa shape index (κ1) is 18.3. The molecule has 1 aliphatic heterocycles. The van der Waals surface area contributed by atoms with Gasteiger partial charge in [-0.3, -0.25) is 9.69 Å². The van der Waals surface area contributed by atoms with Crippen LogP contribution in [0.5, 0.6) is 0 Å². The summed E-state index contributed by atoms with van der Waals surface area (Å²) in [5.41, 5.74) is 0.960. The monoisotopic (exact) mass is 354 g/mol. The number of aromatic nitrogens is 3. The van der Waals surface area contributed by atoms with Crippen molar-refractivity contribution in [3.05, 3.63) is 42.0 Å². The van der Waals surface area contributed by atoms with Crippen LogP contribution in [-0.2, 0) is 4.79 Å². The van der Waals surface area contributed by atoms with Gasteiger partial charge < -0.3 is 10.2 Å². The van der Waals surface area contributed by atoms with E-state index in [0.29, 0.717) is 12.4 Å². The molecule has 26 heavy (non-hydrogen) atoms. The van der Waals surface area contributed by atoms with Crippen LogP contribution in [0.4, 0.5) is 11.6 Å². The first-order chi connectivity index (χ1) is 12.5. The molecule has 3 rings (SSSR count). The lowest BCUT2D eigenvalue weighted by molar-refractivity contribution is -0.130. The van der Waals surface area contributed by atoms with Crippen LogP contribution in [0.1, 0.15) is 36.8 Å². The van der Waals surface area contributed by atoms with Crippen molar-refractivity contribution in [2.75, 3.05) is 32.5 Å². The van der Waals surface area contributed by atoms with Crippen LogP contribution < -0.4 is 5.32 Å². The third kappa shape index (κ3) is 4.54. The number of carbonyl (C=O) groups is 1. The summed E-state index contributed by atoms with van der Waals surface area (Å²) in [5.74, 6) is 2.32. The number of anilines is 2. The van der Waals surface area contributed by atoms with Gasteiger partial charge in [-0.25, -0.2) is 15.0 Å². The Hall–Kier alpha value is -2.54. The van der Waals surface area contributed by atoms with E-state index in [-0.39, 0.29) is 11.9 Å². The number of rotatable bonds is 5. The van der Waals surface area contributed by atoms with Crippen LogP contribution in [0, 0.1) is 6.92 Å². The fourth-order valence-corrected chi connectivity index (χ4v) is 3.22. The maximum Gasteiger partial charge on any atom is 0.236 e. The smallest absolute Gasteiger partial charge is 0.236 e. The van der Waals surface area contributed by atoms with Gasteiger partial charge in [-0.15, -0.1) is 0 Å². The van der Waals surface area contributed by atoms with Crippen molar-refractivity contribution in [1.29, 1.82) is 0 Å². The molecule has 0 aromatic carbocycles. The average Bonchev–Trinajstić information content (AvgIpc) is 2.62. The van der Waals surface area contributed by atoms with Crippen LogP contribution in [0.25, 0.3) is 0 Å². The van der Waals surface area contributed by atoms with E-state index in [1.165, 1.54) is 0 Å². The molecule has 2 aromatic heterocycles.